The van der Waals surface area contributed by atoms with Gasteiger partial charge in [0.25, 0.3) is 0 Å². The Morgan fingerprint density at radius 3 is 2.46 bits per heavy atom. The van der Waals surface area contributed by atoms with Crippen LogP contribution < -0.4 is 5.73 Å². The van der Waals surface area contributed by atoms with Gasteiger partial charge in [0.1, 0.15) is 0 Å². The third kappa shape index (κ3) is 3.49. The molecule has 1 aliphatic rings. The second-order valence-electron chi connectivity index (χ2n) is 4.13. The Morgan fingerprint density at radius 2 is 2.00 bits per heavy atom. The van der Waals surface area contributed by atoms with Crippen LogP contribution in [0.5, 0.6) is 0 Å². The second kappa shape index (κ2) is 5.40. The van der Waals surface area contributed by atoms with Gasteiger partial charge in [-0.3, -0.25) is 0 Å². The molecule has 76 valence electrons. The van der Waals surface area contributed by atoms with Crippen LogP contribution in [0.3, 0.4) is 0 Å². The van der Waals surface area contributed by atoms with E-state index in [0.717, 1.165) is 5.92 Å². The predicted octanol–water partition coefficient (Wildman–Crippen LogP) is 1.62. The molecule has 1 rings (SSSR count). The summed E-state index contributed by atoms with van der Waals surface area (Å²) in [5.41, 5.74) is 5.42. The lowest BCUT2D eigenvalue weighted by molar-refractivity contribution is 0.164. The largest absolute Gasteiger partial charge is 0.327 e. The standard InChI is InChI=1S/C11H22N2/c1-10(2)13-8-5-11(6-9-13)4-3-7-12/h3-4,10-11H,5-9,12H2,1-2H3/b4-3+. The minimum atomic E-state index is 0.685. The minimum Gasteiger partial charge on any atom is -0.327 e. The zero-order valence-corrected chi connectivity index (χ0v) is 8.87. The summed E-state index contributed by atoms with van der Waals surface area (Å²) in [7, 11) is 0. The lowest BCUT2D eigenvalue weighted by atomic mass is 9.95. The molecule has 1 saturated heterocycles. The van der Waals surface area contributed by atoms with Crippen molar-refractivity contribution in [2.75, 3.05) is 19.6 Å². The van der Waals surface area contributed by atoms with Gasteiger partial charge in [0.15, 0.2) is 0 Å². The summed E-state index contributed by atoms with van der Waals surface area (Å²) in [6.45, 7) is 7.73. The molecule has 0 aromatic carbocycles. The summed E-state index contributed by atoms with van der Waals surface area (Å²) < 4.78 is 0. The number of rotatable bonds is 3. The highest BCUT2D eigenvalue weighted by atomic mass is 15.1. The van der Waals surface area contributed by atoms with Gasteiger partial charge >= 0.3 is 0 Å². The number of hydrogen-bond donors (Lipinski definition) is 1. The summed E-state index contributed by atoms with van der Waals surface area (Å²) in [5.74, 6) is 0.776. The summed E-state index contributed by atoms with van der Waals surface area (Å²) in [6.07, 6.45) is 6.98. The van der Waals surface area contributed by atoms with E-state index in [2.05, 4.69) is 30.9 Å². The molecule has 0 aromatic heterocycles. The third-order valence-corrected chi connectivity index (χ3v) is 2.85. The Balaban J connectivity index is 2.26. The van der Waals surface area contributed by atoms with Crippen molar-refractivity contribution in [1.82, 2.24) is 4.90 Å². The van der Waals surface area contributed by atoms with Gasteiger partial charge in [-0.05, 0) is 45.7 Å². The monoisotopic (exact) mass is 182 g/mol. The Morgan fingerprint density at radius 1 is 1.38 bits per heavy atom. The van der Waals surface area contributed by atoms with Crippen LogP contribution in [0, 0.1) is 5.92 Å². The number of allylic oxidation sites excluding steroid dienone is 1. The molecular weight excluding hydrogens is 160 g/mol. The van der Waals surface area contributed by atoms with Crippen LogP contribution in [0.1, 0.15) is 26.7 Å². The molecule has 0 amide bonds. The Bertz CT molecular complexity index is 155. The summed E-state index contributed by atoms with van der Waals surface area (Å²) in [4.78, 5) is 2.55. The van der Waals surface area contributed by atoms with Crippen LogP contribution in [0.15, 0.2) is 12.2 Å². The molecular formula is C11H22N2. The van der Waals surface area contributed by atoms with Gasteiger partial charge in [0.2, 0.25) is 0 Å². The Kier molecular flexibility index (Phi) is 4.46. The van der Waals surface area contributed by atoms with Gasteiger partial charge in [-0.15, -0.1) is 0 Å². The predicted molar refractivity (Wildman–Crippen MR) is 57.6 cm³/mol. The Labute approximate surface area is 81.8 Å². The van der Waals surface area contributed by atoms with Crippen molar-refractivity contribution < 1.29 is 0 Å². The van der Waals surface area contributed by atoms with Gasteiger partial charge in [-0.25, -0.2) is 0 Å². The summed E-state index contributed by atoms with van der Waals surface area (Å²) in [5, 5.41) is 0. The molecule has 2 N–H and O–H groups in total. The topological polar surface area (TPSA) is 29.3 Å². The summed E-state index contributed by atoms with van der Waals surface area (Å²) >= 11 is 0. The molecule has 1 heterocycles. The van der Waals surface area contributed by atoms with Crippen molar-refractivity contribution in [3.8, 4) is 0 Å². The lowest BCUT2D eigenvalue weighted by Gasteiger charge is -2.33. The molecule has 0 radical (unpaired) electrons. The molecule has 0 saturated carbocycles. The second-order valence-corrected chi connectivity index (χ2v) is 4.13. The molecule has 1 aliphatic heterocycles. The Hall–Kier alpha value is -0.340. The van der Waals surface area contributed by atoms with E-state index in [-0.39, 0.29) is 0 Å². The van der Waals surface area contributed by atoms with Crippen molar-refractivity contribution in [3.63, 3.8) is 0 Å². The molecule has 0 spiro atoms. The zero-order valence-electron chi connectivity index (χ0n) is 8.87. The molecule has 2 nitrogen and oxygen atoms in total. The first kappa shape index (κ1) is 10.7. The van der Waals surface area contributed by atoms with Crippen LogP contribution in [0.2, 0.25) is 0 Å². The smallest absolute Gasteiger partial charge is 0.0106 e. The molecule has 13 heavy (non-hydrogen) atoms. The van der Waals surface area contributed by atoms with Crippen molar-refractivity contribution in [2.45, 2.75) is 32.7 Å². The lowest BCUT2D eigenvalue weighted by Crippen LogP contribution is -2.38. The third-order valence-electron chi connectivity index (χ3n) is 2.85. The van der Waals surface area contributed by atoms with Crippen LogP contribution >= 0.6 is 0 Å². The quantitative estimate of drug-likeness (QED) is 0.672. The van der Waals surface area contributed by atoms with Gasteiger partial charge < -0.3 is 10.6 Å². The van der Waals surface area contributed by atoms with Crippen LogP contribution in [0.4, 0.5) is 0 Å². The number of hydrogen-bond acceptors (Lipinski definition) is 2. The highest BCUT2D eigenvalue weighted by Crippen LogP contribution is 2.19. The molecule has 0 atom stereocenters. The molecule has 0 bridgehead atoms. The van der Waals surface area contributed by atoms with E-state index in [1.165, 1.54) is 25.9 Å². The van der Waals surface area contributed by atoms with Gasteiger partial charge in [0.05, 0.1) is 0 Å². The van der Waals surface area contributed by atoms with Crippen molar-refractivity contribution in [1.29, 1.82) is 0 Å². The van der Waals surface area contributed by atoms with Gasteiger partial charge in [0, 0.05) is 12.6 Å². The molecule has 1 fully saturated rings. The number of likely N-dealkylation sites (tertiary alicyclic amines) is 1. The maximum absolute atomic E-state index is 5.42. The maximum Gasteiger partial charge on any atom is 0.0106 e. The highest BCUT2D eigenvalue weighted by Gasteiger charge is 2.18. The van der Waals surface area contributed by atoms with Crippen molar-refractivity contribution in [3.05, 3.63) is 12.2 Å². The van der Waals surface area contributed by atoms with E-state index in [4.69, 9.17) is 5.73 Å². The van der Waals surface area contributed by atoms with Crippen LogP contribution in [0.25, 0.3) is 0 Å². The first-order chi connectivity index (χ1) is 6.24. The minimum absolute atomic E-state index is 0.685. The average Bonchev–Trinajstić information content (AvgIpc) is 2.15. The van der Waals surface area contributed by atoms with E-state index in [0.29, 0.717) is 12.6 Å². The van der Waals surface area contributed by atoms with E-state index < -0.39 is 0 Å². The van der Waals surface area contributed by atoms with Crippen molar-refractivity contribution >= 4 is 0 Å². The fourth-order valence-corrected chi connectivity index (χ4v) is 1.90. The van der Waals surface area contributed by atoms with Gasteiger partial charge in [-0.1, -0.05) is 12.2 Å². The van der Waals surface area contributed by atoms with E-state index >= 15 is 0 Å². The highest BCUT2D eigenvalue weighted by molar-refractivity contribution is 4.92. The first-order valence-corrected chi connectivity index (χ1v) is 5.35. The van der Waals surface area contributed by atoms with E-state index in [1.54, 1.807) is 0 Å². The number of nitrogens with zero attached hydrogens (tertiary/aromatic N) is 1. The summed E-state index contributed by atoms with van der Waals surface area (Å²) in [6, 6.07) is 0.708. The van der Waals surface area contributed by atoms with E-state index in [1.807, 2.05) is 0 Å². The molecule has 0 aromatic rings. The zero-order chi connectivity index (χ0) is 9.68. The molecule has 0 aliphatic carbocycles. The molecule has 2 heteroatoms. The number of nitrogens with two attached hydrogens (primary N) is 1. The van der Waals surface area contributed by atoms with Crippen LogP contribution in [-0.2, 0) is 0 Å². The van der Waals surface area contributed by atoms with Gasteiger partial charge in [-0.2, -0.15) is 0 Å². The first-order valence-electron chi connectivity index (χ1n) is 5.35. The van der Waals surface area contributed by atoms with Crippen molar-refractivity contribution in [2.24, 2.45) is 11.7 Å². The molecule has 0 unspecified atom stereocenters. The fraction of sp³-hybridized carbons (Fsp3) is 0.818. The maximum atomic E-state index is 5.42. The fourth-order valence-electron chi connectivity index (χ4n) is 1.90. The SMILES string of the molecule is CC(C)N1CCC(/C=C/CN)CC1. The average molecular weight is 182 g/mol. The van der Waals surface area contributed by atoms with Crippen LogP contribution in [-0.4, -0.2) is 30.6 Å². The normalized spacial score (nSPS) is 21.8. The van der Waals surface area contributed by atoms with E-state index in [9.17, 15) is 0 Å². The number of piperidine rings is 1.